The number of hydrogen-bond acceptors (Lipinski definition) is 3. The summed E-state index contributed by atoms with van der Waals surface area (Å²) >= 11 is 0. The Morgan fingerprint density at radius 3 is 2.50 bits per heavy atom. The largest absolute Gasteiger partial charge is 0.481 e. The van der Waals surface area contributed by atoms with Crippen LogP contribution in [-0.2, 0) is 15.0 Å². The van der Waals surface area contributed by atoms with E-state index in [1.807, 2.05) is 0 Å². The van der Waals surface area contributed by atoms with E-state index < -0.39 is 27.6 Å². The van der Waals surface area contributed by atoms with Crippen LogP contribution in [0.5, 0.6) is 0 Å². The molecule has 1 heterocycles. The lowest BCUT2D eigenvalue weighted by Crippen LogP contribution is -2.51. The van der Waals surface area contributed by atoms with Crippen LogP contribution in [0.3, 0.4) is 0 Å². The first-order chi connectivity index (χ1) is 8.36. The van der Waals surface area contributed by atoms with Gasteiger partial charge in [-0.25, -0.2) is 0 Å². The van der Waals surface area contributed by atoms with Crippen LogP contribution < -0.4 is 4.72 Å². The molecule has 0 bridgehead atoms. The minimum atomic E-state index is -3.53. The van der Waals surface area contributed by atoms with Gasteiger partial charge in [0.1, 0.15) is 0 Å². The number of carboxylic acid groups (broad SMARTS) is 1. The highest BCUT2D eigenvalue weighted by Gasteiger charge is 2.47. The maximum absolute atomic E-state index is 12.1. The summed E-state index contributed by atoms with van der Waals surface area (Å²) in [4.78, 5) is 11.3. The Morgan fingerprint density at radius 2 is 1.94 bits per heavy atom. The summed E-state index contributed by atoms with van der Waals surface area (Å²) in [6.45, 7) is 2.69. The van der Waals surface area contributed by atoms with E-state index in [1.54, 1.807) is 6.92 Å². The van der Waals surface area contributed by atoms with Crippen molar-refractivity contribution in [3.63, 3.8) is 0 Å². The van der Waals surface area contributed by atoms with Gasteiger partial charge in [0.2, 0.25) is 0 Å². The summed E-state index contributed by atoms with van der Waals surface area (Å²) < 4.78 is 28.2. The van der Waals surface area contributed by atoms with Crippen molar-refractivity contribution in [3.05, 3.63) is 0 Å². The van der Waals surface area contributed by atoms with Crippen molar-refractivity contribution in [1.29, 1.82) is 0 Å². The molecule has 2 fully saturated rings. The quantitative estimate of drug-likeness (QED) is 0.785. The molecule has 0 spiro atoms. The Balaban J connectivity index is 2.11. The Bertz CT molecular complexity index is 430. The molecule has 104 valence electrons. The zero-order valence-corrected chi connectivity index (χ0v) is 11.4. The summed E-state index contributed by atoms with van der Waals surface area (Å²) in [5, 5.41) is 9.26. The fourth-order valence-electron chi connectivity index (χ4n) is 2.79. The van der Waals surface area contributed by atoms with Crippen molar-refractivity contribution < 1.29 is 18.3 Å². The molecule has 2 unspecified atom stereocenters. The molecular formula is C11H20N2O4S. The summed E-state index contributed by atoms with van der Waals surface area (Å²) in [5.74, 6) is -0.922. The summed E-state index contributed by atoms with van der Waals surface area (Å²) in [6, 6.07) is -0.499. The highest BCUT2D eigenvalue weighted by atomic mass is 32.2. The third-order valence-electron chi connectivity index (χ3n) is 4.14. The van der Waals surface area contributed by atoms with E-state index in [4.69, 9.17) is 0 Å². The number of nitrogens with zero attached hydrogens (tertiary/aromatic N) is 1. The lowest BCUT2D eigenvalue weighted by atomic mass is 9.85. The van der Waals surface area contributed by atoms with Crippen LogP contribution >= 0.6 is 0 Å². The van der Waals surface area contributed by atoms with Gasteiger partial charge in [-0.15, -0.1) is 0 Å². The van der Waals surface area contributed by atoms with E-state index in [2.05, 4.69) is 4.72 Å². The van der Waals surface area contributed by atoms with Gasteiger partial charge in [-0.2, -0.15) is 17.4 Å². The molecule has 1 aliphatic heterocycles. The second-order valence-corrected chi connectivity index (χ2v) is 7.10. The zero-order valence-electron chi connectivity index (χ0n) is 10.6. The molecule has 0 aromatic carbocycles. The van der Waals surface area contributed by atoms with Crippen molar-refractivity contribution in [3.8, 4) is 0 Å². The molecular weight excluding hydrogens is 256 g/mol. The minimum absolute atomic E-state index is 0.499. The van der Waals surface area contributed by atoms with E-state index in [1.165, 1.54) is 4.31 Å². The molecule has 0 radical (unpaired) electrons. The zero-order chi connectivity index (χ0) is 13.4. The molecule has 0 amide bonds. The minimum Gasteiger partial charge on any atom is -0.481 e. The van der Waals surface area contributed by atoms with Crippen molar-refractivity contribution in [1.82, 2.24) is 9.03 Å². The molecule has 1 saturated carbocycles. The van der Waals surface area contributed by atoms with Gasteiger partial charge in [-0.05, 0) is 32.6 Å². The molecule has 6 nitrogen and oxygen atoms in total. The fraction of sp³-hybridized carbons (Fsp3) is 0.909. The van der Waals surface area contributed by atoms with Gasteiger partial charge >= 0.3 is 5.97 Å². The first kappa shape index (κ1) is 13.8. The van der Waals surface area contributed by atoms with Gasteiger partial charge in [0.25, 0.3) is 10.2 Å². The molecule has 7 heteroatoms. The number of rotatable bonds is 4. The Morgan fingerprint density at radius 1 is 1.33 bits per heavy atom. The van der Waals surface area contributed by atoms with Gasteiger partial charge in [-0.3, -0.25) is 4.79 Å². The maximum Gasteiger partial charge on any atom is 0.310 e. The van der Waals surface area contributed by atoms with Gasteiger partial charge < -0.3 is 5.11 Å². The van der Waals surface area contributed by atoms with Crippen LogP contribution in [0.15, 0.2) is 0 Å². The average molecular weight is 276 g/mol. The van der Waals surface area contributed by atoms with Crippen molar-refractivity contribution >= 4 is 16.2 Å². The van der Waals surface area contributed by atoms with Crippen LogP contribution in [0.4, 0.5) is 0 Å². The first-order valence-electron chi connectivity index (χ1n) is 6.37. The first-order valence-corrected chi connectivity index (χ1v) is 7.81. The summed E-state index contributed by atoms with van der Waals surface area (Å²) in [6.07, 6.45) is 3.62. The monoisotopic (exact) mass is 276 g/mol. The highest BCUT2D eigenvalue weighted by molar-refractivity contribution is 7.87. The summed E-state index contributed by atoms with van der Waals surface area (Å²) in [5.41, 5.74) is -0.979. The predicted molar refractivity (Wildman–Crippen MR) is 66.2 cm³/mol. The maximum atomic E-state index is 12.1. The number of carboxylic acids is 1. The van der Waals surface area contributed by atoms with Crippen LogP contribution in [0.25, 0.3) is 0 Å². The number of nitrogens with one attached hydrogen (secondary N) is 1. The van der Waals surface area contributed by atoms with E-state index in [9.17, 15) is 18.3 Å². The van der Waals surface area contributed by atoms with Crippen LogP contribution in [-0.4, -0.2) is 42.9 Å². The number of hydrogen-bond donors (Lipinski definition) is 2. The molecule has 2 N–H and O–H groups in total. The van der Waals surface area contributed by atoms with E-state index >= 15 is 0 Å². The van der Waals surface area contributed by atoms with Crippen molar-refractivity contribution in [2.75, 3.05) is 13.1 Å². The molecule has 2 rings (SSSR count). The fourth-order valence-corrected chi connectivity index (χ4v) is 4.42. The van der Waals surface area contributed by atoms with Crippen LogP contribution in [0.2, 0.25) is 0 Å². The van der Waals surface area contributed by atoms with Crippen molar-refractivity contribution in [2.45, 2.75) is 45.1 Å². The molecule has 1 aliphatic carbocycles. The molecule has 2 aliphatic rings. The van der Waals surface area contributed by atoms with Gasteiger partial charge in [0.05, 0.1) is 5.41 Å². The normalized spacial score (nSPS) is 33.9. The number of aliphatic carboxylic acids is 1. The van der Waals surface area contributed by atoms with Gasteiger partial charge in [-0.1, -0.05) is 6.42 Å². The molecule has 0 aromatic heterocycles. The highest BCUT2D eigenvalue weighted by Crippen LogP contribution is 2.38. The predicted octanol–water partition coefficient (Wildman–Crippen LogP) is 0.560. The third-order valence-corrected chi connectivity index (χ3v) is 5.77. The van der Waals surface area contributed by atoms with Crippen LogP contribution in [0.1, 0.15) is 39.0 Å². The molecule has 1 saturated heterocycles. The van der Waals surface area contributed by atoms with E-state index in [-0.39, 0.29) is 0 Å². The molecule has 0 aromatic rings. The van der Waals surface area contributed by atoms with Crippen LogP contribution in [0, 0.1) is 5.41 Å². The van der Waals surface area contributed by atoms with E-state index in [0.717, 1.165) is 19.3 Å². The molecule has 18 heavy (non-hydrogen) atoms. The summed E-state index contributed by atoms with van der Waals surface area (Å²) in [7, 11) is -3.53. The molecule has 2 atom stereocenters. The topological polar surface area (TPSA) is 86.7 Å². The van der Waals surface area contributed by atoms with E-state index in [0.29, 0.717) is 25.9 Å². The number of carbonyl (C=O) groups is 1. The Hall–Kier alpha value is -0.660. The second-order valence-electron chi connectivity index (χ2n) is 5.40. The Labute approximate surface area is 108 Å². The second kappa shape index (κ2) is 4.79. The SMILES string of the molecule is CC1(C(=O)O)CCCC1NS(=O)(=O)N1CCCC1. The third kappa shape index (κ3) is 2.39. The lowest BCUT2D eigenvalue weighted by Gasteiger charge is -2.29. The smallest absolute Gasteiger partial charge is 0.310 e. The van der Waals surface area contributed by atoms with Gasteiger partial charge in [0, 0.05) is 19.1 Å². The Kier molecular flexibility index (Phi) is 3.66. The standard InChI is InChI=1S/C11H20N2O4S/c1-11(10(14)15)6-4-5-9(11)12-18(16,17)13-7-2-3-8-13/h9,12H,2-8H2,1H3,(H,14,15). The van der Waals surface area contributed by atoms with Gasteiger partial charge in [0.15, 0.2) is 0 Å². The van der Waals surface area contributed by atoms with Crippen molar-refractivity contribution in [2.24, 2.45) is 5.41 Å². The lowest BCUT2D eigenvalue weighted by molar-refractivity contribution is -0.148. The average Bonchev–Trinajstić information content (AvgIpc) is 2.89.